The van der Waals surface area contributed by atoms with E-state index in [4.69, 9.17) is 16.3 Å². The maximum Gasteiger partial charge on any atom is 0.332 e. The molecule has 4 rings (SSSR count). The van der Waals surface area contributed by atoms with Crippen molar-refractivity contribution in [1.29, 1.82) is 0 Å². The topological polar surface area (TPSA) is 81.9 Å². The zero-order chi connectivity index (χ0) is 24.6. The van der Waals surface area contributed by atoms with Crippen LogP contribution >= 0.6 is 11.6 Å². The summed E-state index contributed by atoms with van der Waals surface area (Å²) in [5.74, 6) is -1.58. The smallest absolute Gasteiger partial charge is 0.332 e. The highest BCUT2D eigenvalue weighted by Crippen LogP contribution is 2.29. The number of hydrogen-bond donors (Lipinski definition) is 1. The van der Waals surface area contributed by atoms with Crippen LogP contribution in [0.1, 0.15) is 0 Å². The molecule has 1 N–H and O–H groups in total. The molecule has 0 aliphatic rings. The predicted octanol–water partition coefficient (Wildman–Crippen LogP) is 4.79. The van der Waals surface area contributed by atoms with E-state index in [1.54, 1.807) is 24.3 Å². The molecule has 0 radical (unpaired) electrons. The van der Waals surface area contributed by atoms with Crippen LogP contribution in [0, 0.1) is 11.6 Å². The van der Waals surface area contributed by atoms with E-state index in [2.05, 4.69) is 29.6 Å². The molecule has 2 heterocycles. The van der Waals surface area contributed by atoms with Gasteiger partial charge in [-0.2, -0.15) is 0 Å². The minimum Gasteiger partial charge on any atom is -0.361 e. The molecule has 0 saturated carbocycles. The molecule has 7 nitrogen and oxygen atoms in total. The highest BCUT2D eigenvalue weighted by atomic mass is 35.5. The Balaban J connectivity index is 1.94. The minimum atomic E-state index is -1.35. The van der Waals surface area contributed by atoms with Gasteiger partial charge >= 0.3 is 5.69 Å². The molecular formula is C23H23ClF2N4O3Si. The number of nitrogens with zero attached hydrogens (tertiary/aromatic N) is 3. The lowest BCUT2D eigenvalue weighted by atomic mass is 10.2. The molecule has 0 unspecified atom stereocenters. The fraction of sp³-hybridized carbons (Fsp3) is 0.261. The average Bonchev–Trinajstić information content (AvgIpc) is 3.13. The molecule has 0 bridgehead atoms. The first-order chi connectivity index (χ1) is 16.0. The van der Waals surface area contributed by atoms with Crippen molar-refractivity contribution >= 4 is 30.8 Å². The first-order valence-corrected chi connectivity index (χ1v) is 14.7. The van der Waals surface area contributed by atoms with Crippen LogP contribution in [0.3, 0.4) is 0 Å². The van der Waals surface area contributed by atoms with Crippen LogP contribution in [0.2, 0.25) is 30.7 Å². The fourth-order valence-electron chi connectivity index (χ4n) is 3.47. The number of aromatic nitrogens is 4. The largest absolute Gasteiger partial charge is 0.361 e. The average molecular weight is 505 g/mol. The second kappa shape index (κ2) is 9.28. The quantitative estimate of drug-likeness (QED) is 0.290. The number of hydrogen-bond acceptors (Lipinski definition) is 4. The van der Waals surface area contributed by atoms with Gasteiger partial charge in [-0.1, -0.05) is 31.2 Å². The van der Waals surface area contributed by atoms with E-state index in [1.165, 1.54) is 15.2 Å². The lowest BCUT2D eigenvalue weighted by Crippen LogP contribution is -2.32. The summed E-state index contributed by atoms with van der Waals surface area (Å²) in [6.07, 6.45) is 0. The second-order valence-electron chi connectivity index (χ2n) is 9.08. The maximum absolute atomic E-state index is 14.8. The molecule has 11 heteroatoms. The van der Waals surface area contributed by atoms with E-state index in [0.29, 0.717) is 17.3 Å². The van der Waals surface area contributed by atoms with Crippen molar-refractivity contribution in [2.24, 2.45) is 0 Å². The summed E-state index contributed by atoms with van der Waals surface area (Å²) in [4.78, 5) is 32.3. The molecular weight excluding hydrogens is 482 g/mol. The van der Waals surface area contributed by atoms with E-state index >= 15 is 0 Å². The van der Waals surface area contributed by atoms with Crippen LogP contribution in [0.4, 0.5) is 8.78 Å². The Bertz CT molecular complexity index is 1470. The van der Waals surface area contributed by atoms with Crippen molar-refractivity contribution in [3.8, 4) is 17.1 Å². The van der Waals surface area contributed by atoms with Gasteiger partial charge in [0.05, 0.1) is 5.56 Å². The molecule has 0 fully saturated rings. The minimum absolute atomic E-state index is 0.0226. The number of ether oxygens (including phenoxy) is 1. The molecule has 4 aromatic rings. The van der Waals surface area contributed by atoms with Gasteiger partial charge in [0, 0.05) is 31.5 Å². The van der Waals surface area contributed by atoms with Gasteiger partial charge in [0.15, 0.2) is 17.0 Å². The number of nitrogens with one attached hydrogen (secondary N) is 1. The van der Waals surface area contributed by atoms with Crippen molar-refractivity contribution in [2.75, 3.05) is 6.61 Å². The Hall–Kier alpha value is -3.08. The van der Waals surface area contributed by atoms with Crippen LogP contribution in [0.15, 0.2) is 52.1 Å². The number of imidazole rings is 1. The van der Waals surface area contributed by atoms with Crippen LogP contribution in [-0.4, -0.2) is 33.8 Å². The second-order valence-corrected chi connectivity index (χ2v) is 15.1. The Labute approximate surface area is 199 Å². The molecule has 0 saturated heterocycles. The van der Waals surface area contributed by atoms with Gasteiger partial charge in [-0.3, -0.25) is 18.9 Å². The Morgan fingerprint density at radius 1 is 1.09 bits per heavy atom. The summed E-state index contributed by atoms with van der Waals surface area (Å²) in [6, 6.07) is 10.4. The molecule has 0 aliphatic heterocycles. The molecule has 0 spiro atoms. The third-order valence-corrected chi connectivity index (χ3v) is 7.23. The summed E-state index contributed by atoms with van der Waals surface area (Å²) in [5, 5.41) is 0.462. The van der Waals surface area contributed by atoms with E-state index in [9.17, 15) is 18.4 Å². The monoisotopic (exact) mass is 504 g/mol. The summed E-state index contributed by atoms with van der Waals surface area (Å²) in [5.41, 5.74) is -0.927. The summed E-state index contributed by atoms with van der Waals surface area (Å²) < 4.78 is 36.7. The lowest BCUT2D eigenvalue weighted by molar-refractivity contribution is 0.0865. The molecule has 34 heavy (non-hydrogen) atoms. The third-order valence-electron chi connectivity index (χ3n) is 5.27. The summed E-state index contributed by atoms with van der Waals surface area (Å²) in [6.45, 7) is 6.92. The van der Waals surface area contributed by atoms with Gasteiger partial charge in [0.25, 0.3) is 5.56 Å². The Morgan fingerprint density at radius 2 is 1.79 bits per heavy atom. The van der Waals surface area contributed by atoms with Gasteiger partial charge in [0.2, 0.25) is 0 Å². The molecule has 0 aliphatic carbocycles. The lowest BCUT2D eigenvalue weighted by Gasteiger charge is -2.15. The number of halogens is 3. The van der Waals surface area contributed by atoms with Crippen molar-refractivity contribution in [3.05, 3.63) is 80.0 Å². The maximum atomic E-state index is 14.8. The highest BCUT2D eigenvalue weighted by molar-refractivity contribution is 6.76. The van der Waals surface area contributed by atoms with E-state index in [1.807, 2.05) is 0 Å². The van der Waals surface area contributed by atoms with Crippen molar-refractivity contribution < 1.29 is 13.5 Å². The van der Waals surface area contributed by atoms with E-state index in [0.717, 1.165) is 18.2 Å². The SMILES string of the molecule is C[Si](C)(C)CCOCn1c(=O)[nH]c(=O)c2c1nc(-c1ccc(F)cc1F)n2-c1ccc(Cl)cc1. The molecule has 2 aromatic carbocycles. The van der Waals surface area contributed by atoms with Crippen LogP contribution in [-0.2, 0) is 11.5 Å². The fourth-order valence-corrected chi connectivity index (χ4v) is 4.35. The number of aromatic amines is 1. The first kappa shape index (κ1) is 24.1. The molecule has 178 valence electrons. The van der Waals surface area contributed by atoms with Gasteiger partial charge in [-0.15, -0.1) is 0 Å². The highest BCUT2D eigenvalue weighted by Gasteiger charge is 2.23. The zero-order valence-corrected chi connectivity index (χ0v) is 20.6. The summed E-state index contributed by atoms with van der Waals surface area (Å²) >= 11 is 6.02. The number of H-pyrrole nitrogens is 1. The Kier molecular flexibility index (Phi) is 6.57. The predicted molar refractivity (Wildman–Crippen MR) is 130 cm³/mol. The normalized spacial score (nSPS) is 11.9. The van der Waals surface area contributed by atoms with Crippen molar-refractivity contribution in [3.63, 3.8) is 0 Å². The van der Waals surface area contributed by atoms with E-state index < -0.39 is 31.0 Å². The van der Waals surface area contributed by atoms with Gasteiger partial charge in [-0.25, -0.2) is 18.6 Å². The molecule has 2 aromatic heterocycles. The standard InChI is InChI=1S/C23H23ClF2N4O3Si/c1-34(2,3)11-10-33-13-29-21-19(22(31)28-23(29)32)30(16-7-4-14(24)5-8-16)20(27-21)17-9-6-15(25)12-18(17)26/h4-9,12H,10-11,13H2,1-3H3,(H,28,31,32). The van der Waals surface area contributed by atoms with Crippen molar-refractivity contribution in [2.45, 2.75) is 32.4 Å². The van der Waals surface area contributed by atoms with Crippen LogP contribution in [0.25, 0.3) is 28.2 Å². The van der Waals surface area contributed by atoms with Gasteiger partial charge in [-0.05, 0) is 42.4 Å². The molecule has 0 amide bonds. The molecule has 0 atom stereocenters. The van der Waals surface area contributed by atoms with E-state index in [-0.39, 0.29) is 29.3 Å². The summed E-state index contributed by atoms with van der Waals surface area (Å²) in [7, 11) is -1.35. The zero-order valence-electron chi connectivity index (χ0n) is 18.9. The number of rotatable bonds is 7. The first-order valence-electron chi connectivity index (χ1n) is 10.6. The third kappa shape index (κ3) is 4.89. The van der Waals surface area contributed by atoms with Gasteiger partial charge < -0.3 is 4.74 Å². The number of benzene rings is 2. The van der Waals surface area contributed by atoms with Crippen molar-refractivity contribution in [1.82, 2.24) is 19.1 Å². The van der Waals surface area contributed by atoms with Gasteiger partial charge in [0.1, 0.15) is 18.4 Å². The Morgan fingerprint density at radius 3 is 2.44 bits per heavy atom. The number of fused-ring (bicyclic) bond motifs is 1. The van der Waals surface area contributed by atoms with Crippen LogP contribution < -0.4 is 11.2 Å². The van der Waals surface area contributed by atoms with Crippen LogP contribution in [0.5, 0.6) is 0 Å².